The lowest BCUT2D eigenvalue weighted by molar-refractivity contribution is -0.222. The van der Waals surface area contributed by atoms with E-state index in [2.05, 4.69) is 10.3 Å². The summed E-state index contributed by atoms with van der Waals surface area (Å²) in [7, 11) is 0. The molecular formula is C15H20ClN3O2. The number of hydrogen-bond donors (Lipinski definition) is 2. The second kappa shape index (κ2) is 4.93. The number of nitrogens with zero attached hydrogens (tertiary/aromatic N) is 1. The second-order valence-electron chi connectivity index (χ2n) is 6.43. The third-order valence-electron chi connectivity index (χ3n) is 5.02. The van der Waals surface area contributed by atoms with Gasteiger partial charge >= 0.3 is 0 Å². The van der Waals surface area contributed by atoms with Crippen molar-refractivity contribution in [3.8, 4) is 0 Å². The molecular weight excluding hydrogens is 290 g/mol. The third-order valence-corrected chi connectivity index (χ3v) is 5.23. The lowest BCUT2D eigenvalue weighted by atomic mass is 9.46. The van der Waals surface area contributed by atoms with Crippen LogP contribution < -0.4 is 11.1 Å². The number of nitrogens with two attached hydrogens (primary N) is 1. The smallest absolute Gasteiger partial charge is 0.246 e. The fraction of sp³-hybridized carbons (Fsp3) is 0.600. The Morgan fingerprint density at radius 2 is 2.29 bits per heavy atom. The number of carbonyl (C=O) groups excluding carboxylic acids is 1. The van der Waals surface area contributed by atoms with Gasteiger partial charge in [-0.05, 0) is 25.0 Å². The molecule has 21 heavy (non-hydrogen) atoms. The normalized spacial score (nSPS) is 33.7. The van der Waals surface area contributed by atoms with Crippen molar-refractivity contribution >= 4 is 23.3 Å². The van der Waals surface area contributed by atoms with E-state index in [-0.39, 0.29) is 17.9 Å². The fourth-order valence-electron chi connectivity index (χ4n) is 3.73. The van der Waals surface area contributed by atoms with Crippen molar-refractivity contribution in [2.24, 2.45) is 17.1 Å². The molecule has 0 spiro atoms. The van der Waals surface area contributed by atoms with Crippen LogP contribution in [0.2, 0.25) is 5.15 Å². The Bertz CT molecular complexity index is 578. The first-order valence-electron chi connectivity index (χ1n) is 7.22. The van der Waals surface area contributed by atoms with Crippen LogP contribution in [0.1, 0.15) is 26.7 Å². The lowest BCUT2D eigenvalue weighted by Crippen LogP contribution is -2.81. The Balaban J connectivity index is 1.83. The van der Waals surface area contributed by atoms with Gasteiger partial charge in [0.2, 0.25) is 5.91 Å². The molecule has 3 rings (SSSR count). The van der Waals surface area contributed by atoms with E-state index >= 15 is 0 Å². The van der Waals surface area contributed by atoms with Crippen molar-refractivity contribution in [2.45, 2.75) is 38.3 Å². The van der Waals surface area contributed by atoms with E-state index in [0.29, 0.717) is 11.0 Å². The molecule has 1 saturated heterocycles. The Morgan fingerprint density at radius 1 is 1.52 bits per heavy atom. The fourth-order valence-corrected chi connectivity index (χ4v) is 3.90. The van der Waals surface area contributed by atoms with Crippen molar-refractivity contribution in [3.05, 3.63) is 23.4 Å². The summed E-state index contributed by atoms with van der Waals surface area (Å²) in [5.74, 6) is 0.266. The van der Waals surface area contributed by atoms with Gasteiger partial charge in [0.25, 0.3) is 0 Å². The van der Waals surface area contributed by atoms with Crippen molar-refractivity contribution in [2.75, 3.05) is 11.9 Å². The summed E-state index contributed by atoms with van der Waals surface area (Å²) in [4.78, 5) is 16.8. The van der Waals surface area contributed by atoms with E-state index in [1.165, 1.54) is 0 Å². The van der Waals surface area contributed by atoms with Gasteiger partial charge in [0.05, 0.1) is 6.10 Å². The average Bonchev–Trinajstić information content (AvgIpc) is 2.46. The van der Waals surface area contributed by atoms with Crippen LogP contribution in [0.25, 0.3) is 0 Å². The van der Waals surface area contributed by atoms with Crippen LogP contribution in [0.4, 0.5) is 5.82 Å². The molecule has 3 atom stereocenters. The molecule has 2 fully saturated rings. The number of pyridine rings is 1. The van der Waals surface area contributed by atoms with Gasteiger partial charge in [-0.3, -0.25) is 4.79 Å². The molecule has 6 heteroatoms. The maximum absolute atomic E-state index is 12.7. The van der Waals surface area contributed by atoms with Crippen LogP contribution in [0.5, 0.6) is 0 Å². The molecule has 1 saturated carbocycles. The minimum absolute atomic E-state index is 0.0503. The number of fused-ring (bicyclic) bond motifs is 1. The Morgan fingerprint density at radius 3 is 3.00 bits per heavy atom. The largest absolute Gasteiger partial charge is 0.377 e. The van der Waals surface area contributed by atoms with Gasteiger partial charge in [-0.15, -0.1) is 0 Å². The van der Waals surface area contributed by atoms with E-state index in [9.17, 15) is 4.79 Å². The summed E-state index contributed by atoms with van der Waals surface area (Å²) in [6.45, 7) is 4.73. The number of ether oxygens (including phenoxy) is 1. The highest BCUT2D eigenvalue weighted by molar-refractivity contribution is 6.29. The van der Waals surface area contributed by atoms with Gasteiger partial charge in [0.1, 0.15) is 16.5 Å². The van der Waals surface area contributed by atoms with Crippen LogP contribution in [0, 0.1) is 11.3 Å². The number of hydrogen-bond acceptors (Lipinski definition) is 4. The van der Waals surface area contributed by atoms with Crippen molar-refractivity contribution in [1.29, 1.82) is 0 Å². The van der Waals surface area contributed by atoms with Crippen LogP contribution in [0.3, 0.4) is 0 Å². The first-order chi connectivity index (χ1) is 9.87. The average molecular weight is 310 g/mol. The molecule has 1 aliphatic heterocycles. The first kappa shape index (κ1) is 14.8. The van der Waals surface area contributed by atoms with Gasteiger partial charge in [0, 0.05) is 17.9 Å². The monoisotopic (exact) mass is 309 g/mol. The molecule has 1 aromatic rings. The summed E-state index contributed by atoms with van der Waals surface area (Å²) in [5.41, 5.74) is 5.17. The lowest BCUT2D eigenvalue weighted by Gasteiger charge is -2.65. The molecule has 5 nitrogen and oxygen atoms in total. The summed E-state index contributed by atoms with van der Waals surface area (Å²) in [6, 6.07) is 5.11. The van der Waals surface area contributed by atoms with E-state index < -0.39 is 11.0 Å². The van der Waals surface area contributed by atoms with E-state index in [1.54, 1.807) is 18.2 Å². The zero-order valence-corrected chi connectivity index (χ0v) is 13.0. The number of amides is 1. The summed E-state index contributed by atoms with van der Waals surface area (Å²) >= 11 is 5.84. The number of anilines is 1. The molecule has 3 unspecified atom stereocenters. The molecule has 0 radical (unpaired) electrons. The van der Waals surface area contributed by atoms with Gasteiger partial charge in [0.15, 0.2) is 0 Å². The molecule has 0 aromatic carbocycles. The maximum Gasteiger partial charge on any atom is 0.246 e. The molecule has 1 aliphatic carbocycles. The SMILES string of the molecule is CC1(C)C2OCCCC2C1(N)C(=O)Nc1cccc(Cl)n1. The second-order valence-corrected chi connectivity index (χ2v) is 6.82. The number of nitrogens with one attached hydrogen (secondary N) is 1. The standard InChI is InChI=1S/C15H20ClN3O2/c1-14(2)12-9(5-4-8-21-12)15(14,17)13(20)19-11-7-3-6-10(16)18-11/h3,6-7,9,12H,4-5,8,17H2,1-2H3,(H,18,19,20). The van der Waals surface area contributed by atoms with Crippen molar-refractivity contribution < 1.29 is 9.53 Å². The third kappa shape index (κ3) is 2.06. The van der Waals surface area contributed by atoms with Crippen LogP contribution in [-0.2, 0) is 9.53 Å². The number of rotatable bonds is 2. The van der Waals surface area contributed by atoms with Crippen LogP contribution >= 0.6 is 11.6 Å². The zero-order valence-electron chi connectivity index (χ0n) is 12.2. The first-order valence-corrected chi connectivity index (χ1v) is 7.59. The molecule has 3 N–H and O–H groups in total. The molecule has 0 bridgehead atoms. The predicted octanol–water partition coefficient (Wildman–Crippen LogP) is 2.21. The number of aromatic nitrogens is 1. The van der Waals surface area contributed by atoms with Crippen molar-refractivity contribution in [1.82, 2.24) is 4.98 Å². The number of halogens is 1. The summed E-state index contributed by atoms with van der Waals surface area (Å²) in [6.07, 6.45) is 1.91. The quantitative estimate of drug-likeness (QED) is 0.821. The topological polar surface area (TPSA) is 77.2 Å². The van der Waals surface area contributed by atoms with Crippen LogP contribution in [-0.4, -0.2) is 29.1 Å². The van der Waals surface area contributed by atoms with Crippen LogP contribution in [0.15, 0.2) is 18.2 Å². The minimum Gasteiger partial charge on any atom is -0.377 e. The van der Waals surface area contributed by atoms with E-state index in [4.69, 9.17) is 22.1 Å². The highest BCUT2D eigenvalue weighted by Gasteiger charge is 2.70. The predicted molar refractivity (Wildman–Crippen MR) is 81.0 cm³/mol. The van der Waals surface area contributed by atoms with Crippen molar-refractivity contribution in [3.63, 3.8) is 0 Å². The van der Waals surface area contributed by atoms with Gasteiger partial charge in [-0.25, -0.2) is 4.98 Å². The molecule has 2 aliphatic rings. The zero-order chi connectivity index (χ0) is 15.3. The maximum atomic E-state index is 12.7. The molecule has 114 valence electrons. The van der Waals surface area contributed by atoms with E-state index in [1.807, 2.05) is 13.8 Å². The molecule has 2 heterocycles. The number of carbonyl (C=O) groups is 1. The highest BCUT2D eigenvalue weighted by Crippen LogP contribution is 2.57. The Hall–Kier alpha value is -1.17. The molecule has 1 aromatic heterocycles. The van der Waals surface area contributed by atoms with Gasteiger partial charge in [-0.2, -0.15) is 0 Å². The minimum atomic E-state index is -0.942. The van der Waals surface area contributed by atoms with Gasteiger partial charge < -0.3 is 15.8 Å². The Labute approximate surface area is 129 Å². The highest BCUT2D eigenvalue weighted by atomic mass is 35.5. The Kier molecular flexibility index (Phi) is 3.47. The summed E-state index contributed by atoms with van der Waals surface area (Å²) < 4.78 is 5.81. The van der Waals surface area contributed by atoms with E-state index in [0.717, 1.165) is 19.4 Å². The van der Waals surface area contributed by atoms with Gasteiger partial charge in [-0.1, -0.05) is 31.5 Å². The summed E-state index contributed by atoms with van der Waals surface area (Å²) in [5, 5.41) is 3.14. The molecule has 1 amide bonds.